The lowest BCUT2D eigenvalue weighted by Gasteiger charge is -2.18. The molecule has 0 aliphatic rings. The van der Waals surface area contributed by atoms with E-state index in [0.717, 1.165) is 19.4 Å². The summed E-state index contributed by atoms with van der Waals surface area (Å²) in [5.74, 6) is 0. The lowest BCUT2D eigenvalue weighted by atomic mass is 10.1. The molecule has 1 unspecified atom stereocenters. The van der Waals surface area contributed by atoms with Crippen LogP contribution in [-0.4, -0.2) is 32.0 Å². The molecular weight excluding hydrogens is 202 g/mol. The number of unbranched alkanes of at least 4 members (excludes halogenated alkanes) is 1. The van der Waals surface area contributed by atoms with Crippen molar-refractivity contribution in [1.82, 2.24) is 5.32 Å². The van der Waals surface area contributed by atoms with Gasteiger partial charge in [0.15, 0.2) is 0 Å². The molecule has 1 aromatic rings. The van der Waals surface area contributed by atoms with Gasteiger partial charge in [0, 0.05) is 13.7 Å². The van der Waals surface area contributed by atoms with Gasteiger partial charge in [-0.25, -0.2) is 0 Å². The van der Waals surface area contributed by atoms with E-state index in [0.29, 0.717) is 6.61 Å². The summed E-state index contributed by atoms with van der Waals surface area (Å²) in [6.07, 6.45) is 1.84. The van der Waals surface area contributed by atoms with Crippen LogP contribution in [0.3, 0.4) is 0 Å². The van der Waals surface area contributed by atoms with E-state index < -0.39 is 0 Å². The van der Waals surface area contributed by atoms with E-state index >= 15 is 0 Å². The number of aliphatic hydroxyl groups excluding tert-OH is 1. The Labute approximate surface area is 97.4 Å². The van der Waals surface area contributed by atoms with Crippen LogP contribution in [0.1, 0.15) is 24.4 Å². The van der Waals surface area contributed by atoms with Crippen LogP contribution in [0.5, 0.6) is 0 Å². The quantitative estimate of drug-likeness (QED) is 0.660. The first-order valence-electron chi connectivity index (χ1n) is 5.76. The van der Waals surface area contributed by atoms with E-state index in [1.807, 2.05) is 18.2 Å². The van der Waals surface area contributed by atoms with Crippen LogP contribution in [0.4, 0.5) is 0 Å². The van der Waals surface area contributed by atoms with Gasteiger partial charge in [0.1, 0.15) is 0 Å². The third kappa shape index (κ3) is 4.75. The van der Waals surface area contributed by atoms with E-state index in [-0.39, 0.29) is 12.6 Å². The molecule has 0 amide bonds. The van der Waals surface area contributed by atoms with Crippen molar-refractivity contribution < 1.29 is 9.84 Å². The molecule has 0 bridgehead atoms. The van der Waals surface area contributed by atoms with Crippen LogP contribution in [0.2, 0.25) is 0 Å². The minimum atomic E-state index is 0.241. The van der Waals surface area contributed by atoms with Gasteiger partial charge >= 0.3 is 0 Å². The van der Waals surface area contributed by atoms with E-state index in [2.05, 4.69) is 17.4 Å². The molecular formula is C13H21NO2. The molecule has 0 saturated heterocycles. The number of rotatable bonds is 8. The molecule has 0 spiro atoms. The maximum atomic E-state index is 8.70. The van der Waals surface area contributed by atoms with Crippen molar-refractivity contribution in [3.8, 4) is 0 Å². The summed E-state index contributed by atoms with van der Waals surface area (Å²) in [6, 6.07) is 10.5. The van der Waals surface area contributed by atoms with Crippen LogP contribution < -0.4 is 5.32 Å². The van der Waals surface area contributed by atoms with Gasteiger partial charge < -0.3 is 15.2 Å². The first-order valence-corrected chi connectivity index (χ1v) is 5.76. The number of methoxy groups -OCH3 is 1. The zero-order chi connectivity index (χ0) is 11.6. The van der Waals surface area contributed by atoms with Crippen molar-refractivity contribution in [2.75, 3.05) is 26.9 Å². The highest BCUT2D eigenvalue weighted by Crippen LogP contribution is 2.12. The van der Waals surface area contributed by atoms with E-state index in [1.165, 1.54) is 5.56 Å². The number of aliphatic hydroxyl groups is 1. The van der Waals surface area contributed by atoms with Crippen LogP contribution >= 0.6 is 0 Å². The van der Waals surface area contributed by atoms with Crippen LogP contribution in [0.15, 0.2) is 30.3 Å². The summed E-state index contributed by atoms with van der Waals surface area (Å²) in [6.45, 7) is 1.84. The van der Waals surface area contributed by atoms with Gasteiger partial charge in [-0.1, -0.05) is 30.3 Å². The van der Waals surface area contributed by atoms with Crippen LogP contribution in [0.25, 0.3) is 0 Å². The molecule has 0 saturated carbocycles. The Morgan fingerprint density at radius 1 is 1.25 bits per heavy atom. The second-order valence-corrected chi connectivity index (χ2v) is 3.80. The highest BCUT2D eigenvalue weighted by atomic mass is 16.5. The molecule has 0 aliphatic carbocycles. The van der Waals surface area contributed by atoms with E-state index in [9.17, 15) is 0 Å². The Morgan fingerprint density at radius 3 is 2.62 bits per heavy atom. The van der Waals surface area contributed by atoms with Crippen molar-refractivity contribution in [3.63, 3.8) is 0 Å². The zero-order valence-electron chi connectivity index (χ0n) is 9.86. The second kappa shape index (κ2) is 8.28. The van der Waals surface area contributed by atoms with Gasteiger partial charge in [-0.05, 0) is 24.9 Å². The first-order chi connectivity index (χ1) is 7.88. The molecule has 1 aromatic carbocycles. The molecule has 0 heterocycles. The van der Waals surface area contributed by atoms with E-state index in [1.54, 1.807) is 7.11 Å². The Hall–Kier alpha value is -0.900. The molecule has 0 fully saturated rings. The normalized spacial score (nSPS) is 12.6. The SMILES string of the molecule is COCC(NCCCCO)c1ccccc1. The third-order valence-corrected chi connectivity index (χ3v) is 2.51. The van der Waals surface area contributed by atoms with Gasteiger partial charge in [-0.3, -0.25) is 0 Å². The minimum Gasteiger partial charge on any atom is -0.396 e. The van der Waals surface area contributed by atoms with Crippen molar-refractivity contribution in [1.29, 1.82) is 0 Å². The smallest absolute Gasteiger partial charge is 0.0657 e. The van der Waals surface area contributed by atoms with Gasteiger partial charge in [0.05, 0.1) is 12.6 Å². The predicted molar refractivity (Wildman–Crippen MR) is 65.4 cm³/mol. The summed E-state index contributed by atoms with van der Waals surface area (Å²) >= 11 is 0. The van der Waals surface area contributed by atoms with Crippen molar-refractivity contribution >= 4 is 0 Å². The third-order valence-electron chi connectivity index (χ3n) is 2.51. The van der Waals surface area contributed by atoms with Crippen molar-refractivity contribution in [2.24, 2.45) is 0 Å². The molecule has 0 aromatic heterocycles. The largest absolute Gasteiger partial charge is 0.396 e. The van der Waals surface area contributed by atoms with Crippen molar-refractivity contribution in [3.05, 3.63) is 35.9 Å². The van der Waals surface area contributed by atoms with Crippen molar-refractivity contribution in [2.45, 2.75) is 18.9 Å². The Balaban J connectivity index is 2.41. The Kier molecular flexibility index (Phi) is 6.81. The lowest BCUT2D eigenvalue weighted by Crippen LogP contribution is -2.26. The topological polar surface area (TPSA) is 41.5 Å². The van der Waals surface area contributed by atoms with Gasteiger partial charge in [0.2, 0.25) is 0 Å². The molecule has 2 N–H and O–H groups in total. The number of hydrogen-bond donors (Lipinski definition) is 2. The standard InChI is InChI=1S/C13H21NO2/c1-16-11-13(14-9-5-6-10-15)12-7-3-2-4-8-12/h2-4,7-8,13-15H,5-6,9-11H2,1H3. The summed E-state index contributed by atoms with van der Waals surface area (Å²) in [7, 11) is 1.71. The summed E-state index contributed by atoms with van der Waals surface area (Å²) in [4.78, 5) is 0. The molecule has 1 rings (SSSR count). The second-order valence-electron chi connectivity index (χ2n) is 3.80. The maximum Gasteiger partial charge on any atom is 0.0657 e. The average Bonchev–Trinajstić information content (AvgIpc) is 2.34. The molecule has 3 nitrogen and oxygen atoms in total. The monoisotopic (exact) mass is 223 g/mol. The summed E-state index contributed by atoms with van der Waals surface area (Å²) in [5, 5.41) is 12.1. The predicted octanol–water partition coefficient (Wildman–Crippen LogP) is 1.74. The van der Waals surface area contributed by atoms with Gasteiger partial charge in [0.25, 0.3) is 0 Å². The molecule has 1 atom stereocenters. The Bertz CT molecular complexity index is 264. The Morgan fingerprint density at radius 2 is 2.00 bits per heavy atom. The highest BCUT2D eigenvalue weighted by Gasteiger charge is 2.09. The summed E-state index contributed by atoms with van der Waals surface area (Å²) < 4.78 is 5.20. The van der Waals surface area contributed by atoms with Crippen LogP contribution in [-0.2, 0) is 4.74 Å². The molecule has 0 aliphatic heterocycles. The minimum absolute atomic E-state index is 0.241. The number of hydrogen-bond acceptors (Lipinski definition) is 3. The number of nitrogens with one attached hydrogen (secondary N) is 1. The lowest BCUT2D eigenvalue weighted by molar-refractivity contribution is 0.166. The number of benzene rings is 1. The zero-order valence-corrected chi connectivity index (χ0v) is 9.86. The highest BCUT2D eigenvalue weighted by molar-refractivity contribution is 5.18. The average molecular weight is 223 g/mol. The first kappa shape index (κ1) is 13.2. The van der Waals surface area contributed by atoms with Gasteiger partial charge in [-0.15, -0.1) is 0 Å². The van der Waals surface area contributed by atoms with Gasteiger partial charge in [-0.2, -0.15) is 0 Å². The fourth-order valence-corrected chi connectivity index (χ4v) is 1.64. The fraction of sp³-hybridized carbons (Fsp3) is 0.538. The molecule has 90 valence electrons. The maximum absolute atomic E-state index is 8.70. The molecule has 16 heavy (non-hydrogen) atoms. The molecule has 0 radical (unpaired) electrons. The number of ether oxygens (including phenoxy) is 1. The van der Waals surface area contributed by atoms with Crippen LogP contribution in [0, 0.1) is 0 Å². The fourth-order valence-electron chi connectivity index (χ4n) is 1.64. The van der Waals surface area contributed by atoms with E-state index in [4.69, 9.17) is 9.84 Å². The summed E-state index contributed by atoms with van der Waals surface area (Å²) in [5.41, 5.74) is 1.24. The molecule has 3 heteroatoms.